The van der Waals surface area contributed by atoms with Crippen LogP contribution < -0.4 is 0 Å². The average molecular weight is 128 g/mol. The molecule has 1 saturated heterocycles. The Kier molecular flexibility index (Phi) is 1.24. The first-order valence-corrected chi connectivity index (χ1v) is 3.60. The maximum atomic E-state index is 5.36. The van der Waals surface area contributed by atoms with Crippen LogP contribution in [0.2, 0.25) is 0 Å². The van der Waals surface area contributed by atoms with Crippen LogP contribution in [0.4, 0.5) is 0 Å². The first-order valence-electron chi connectivity index (χ1n) is 3.60. The number of hydrogen-bond donors (Lipinski definition) is 0. The molecule has 3 atom stereocenters. The van der Waals surface area contributed by atoms with Crippen LogP contribution in [0, 0.1) is 0 Å². The SMILES string of the molecule is COC1CCCC2O[C@H]12. The van der Waals surface area contributed by atoms with Crippen LogP contribution in [0.1, 0.15) is 19.3 Å². The van der Waals surface area contributed by atoms with Gasteiger partial charge in [0.15, 0.2) is 0 Å². The molecule has 1 saturated carbocycles. The van der Waals surface area contributed by atoms with E-state index in [9.17, 15) is 0 Å². The Morgan fingerprint density at radius 1 is 1.44 bits per heavy atom. The third-order valence-corrected chi connectivity index (χ3v) is 2.27. The summed E-state index contributed by atoms with van der Waals surface area (Å²) in [5.41, 5.74) is 0. The van der Waals surface area contributed by atoms with Crippen molar-refractivity contribution >= 4 is 0 Å². The second-order valence-corrected chi connectivity index (χ2v) is 2.84. The van der Waals surface area contributed by atoms with Crippen LogP contribution in [-0.2, 0) is 9.47 Å². The summed E-state index contributed by atoms with van der Waals surface area (Å²) < 4.78 is 10.6. The van der Waals surface area contributed by atoms with Crippen molar-refractivity contribution in [3.63, 3.8) is 0 Å². The van der Waals surface area contributed by atoms with E-state index in [0.29, 0.717) is 18.3 Å². The molecule has 0 N–H and O–H groups in total. The minimum Gasteiger partial charge on any atom is -0.379 e. The van der Waals surface area contributed by atoms with E-state index in [-0.39, 0.29) is 0 Å². The predicted octanol–water partition coefficient (Wildman–Crippen LogP) is 0.953. The molecule has 0 aromatic heterocycles. The van der Waals surface area contributed by atoms with Gasteiger partial charge in [-0.2, -0.15) is 0 Å². The standard InChI is InChI=1S/C7H12O2/c1-8-5-3-2-4-6-7(5)9-6/h5-7H,2-4H2,1H3/t5?,6?,7-/m1/s1. The van der Waals surface area contributed by atoms with E-state index in [0.717, 1.165) is 0 Å². The fourth-order valence-corrected chi connectivity index (χ4v) is 1.65. The molecule has 2 unspecified atom stereocenters. The second kappa shape index (κ2) is 1.96. The Balaban J connectivity index is 1.93. The highest BCUT2D eigenvalue weighted by atomic mass is 16.6. The molecule has 0 aromatic carbocycles. The monoisotopic (exact) mass is 128 g/mol. The first-order chi connectivity index (χ1) is 4.42. The number of fused-ring (bicyclic) bond motifs is 1. The van der Waals surface area contributed by atoms with Crippen molar-refractivity contribution in [2.24, 2.45) is 0 Å². The number of hydrogen-bond acceptors (Lipinski definition) is 2. The van der Waals surface area contributed by atoms with Crippen molar-refractivity contribution in [2.45, 2.75) is 37.6 Å². The van der Waals surface area contributed by atoms with E-state index in [4.69, 9.17) is 9.47 Å². The van der Waals surface area contributed by atoms with Crippen LogP contribution >= 0.6 is 0 Å². The highest BCUT2D eigenvalue weighted by molar-refractivity contribution is 4.95. The van der Waals surface area contributed by atoms with E-state index >= 15 is 0 Å². The minimum atomic E-state index is 0.406. The Morgan fingerprint density at radius 3 is 3.00 bits per heavy atom. The smallest absolute Gasteiger partial charge is 0.110 e. The summed E-state index contributed by atoms with van der Waals surface area (Å²) in [5, 5.41) is 0. The molecule has 1 heterocycles. The zero-order valence-electron chi connectivity index (χ0n) is 5.67. The fraction of sp³-hybridized carbons (Fsp3) is 1.00. The highest BCUT2D eigenvalue weighted by Gasteiger charge is 2.47. The molecule has 0 radical (unpaired) electrons. The minimum absolute atomic E-state index is 0.406. The Labute approximate surface area is 55.1 Å². The topological polar surface area (TPSA) is 21.8 Å². The van der Waals surface area contributed by atoms with E-state index in [1.54, 1.807) is 7.11 Å². The molecule has 0 spiro atoms. The van der Waals surface area contributed by atoms with Gasteiger partial charge in [-0.05, 0) is 19.3 Å². The predicted molar refractivity (Wildman–Crippen MR) is 33.3 cm³/mol. The van der Waals surface area contributed by atoms with Gasteiger partial charge in [-0.3, -0.25) is 0 Å². The lowest BCUT2D eigenvalue weighted by Crippen LogP contribution is -2.23. The van der Waals surface area contributed by atoms with Crippen molar-refractivity contribution in [1.82, 2.24) is 0 Å². The second-order valence-electron chi connectivity index (χ2n) is 2.84. The molecule has 1 aliphatic carbocycles. The molecule has 9 heavy (non-hydrogen) atoms. The van der Waals surface area contributed by atoms with Gasteiger partial charge in [0.25, 0.3) is 0 Å². The van der Waals surface area contributed by atoms with Crippen molar-refractivity contribution < 1.29 is 9.47 Å². The molecule has 0 aromatic rings. The van der Waals surface area contributed by atoms with Gasteiger partial charge in [0, 0.05) is 7.11 Å². The first kappa shape index (κ1) is 5.69. The van der Waals surface area contributed by atoms with Gasteiger partial charge in [-0.25, -0.2) is 0 Å². The largest absolute Gasteiger partial charge is 0.379 e. The molecule has 1 aliphatic heterocycles. The van der Waals surface area contributed by atoms with Gasteiger partial charge in [0.05, 0.1) is 12.2 Å². The van der Waals surface area contributed by atoms with Gasteiger partial charge in [0.2, 0.25) is 0 Å². The van der Waals surface area contributed by atoms with Crippen molar-refractivity contribution in [2.75, 3.05) is 7.11 Å². The highest BCUT2D eigenvalue weighted by Crippen LogP contribution is 2.37. The molecular weight excluding hydrogens is 116 g/mol. The molecule has 0 bridgehead atoms. The molecule has 2 rings (SSSR count). The van der Waals surface area contributed by atoms with Crippen LogP contribution in [-0.4, -0.2) is 25.4 Å². The summed E-state index contributed by atoms with van der Waals surface area (Å²) in [7, 11) is 1.77. The zero-order valence-corrected chi connectivity index (χ0v) is 5.67. The van der Waals surface area contributed by atoms with E-state index < -0.39 is 0 Å². The molecule has 52 valence electrons. The Bertz CT molecular complexity index is 113. The maximum absolute atomic E-state index is 5.36. The van der Waals surface area contributed by atoms with Crippen LogP contribution in [0.25, 0.3) is 0 Å². The third-order valence-electron chi connectivity index (χ3n) is 2.27. The average Bonchev–Trinajstić information content (AvgIpc) is 2.64. The molecular formula is C7H12O2. The van der Waals surface area contributed by atoms with Gasteiger partial charge >= 0.3 is 0 Å². The Hall–Kier alpha value is -0.0800. The number of epoxide rings is 1. The summed E-state index contributed by atoms with van der Waals surface area (Å²) in [4.78, 5) is 0. The van der Waals surface area contributed by atoms with Crippen molar-refractivity contribution in [3.05, 3.63) is 0 Å². The molecule has 2 fully saturated rings. The summed E-state index contributed by atoms with van der Waals surface area (Å²) in [5.74, 6) is 0. The van der Waals surface area contributed by atoms with Crippen LogP contribution in [0.15, 0.2) is 0 Å². The van der Waals surface area contributed by atoms with Crippen LogP contribution in [0.5, 0.6) is 0 Å². The van der Waals surface area contributed by atoms with E-state index in [2.05, 4.69) is 0 Å². The van der Waals surface area contributed by atoms with Gasteiger partial charge in [-0.1, -0.05) is 0 Å². The fourth-order valence-electron chi connectivity index (χ4n) is 1.65. The normalized spacial score (nSPS) is 48.3. The van der Waals surface area contributed by atoms with E-state index in [1.807, 2.05) is 0 Å². The lowest BCUT2D eigenvalue weighted by Gasteiger charge is -2.15. The summed E-state index contributed by atoms with van der Waals surface area (Å²) in [6.45, 7) is 0. The lowest BCUT2D eigenvalue weighted by atomic mass is 9.98. The Morgan fingerprint density at radius 2 is 2.33 bits per heavy atom. The number of ether oxygens (including phenoxy) is 2. The van der Waals surface area contributed by atoms with Crippen molar-refractivity contribution in [1.29, 1.82) is 0 Å². The number of rotatable bonds is 1. The summed E-state index contributed by atoms with van der Waals surface area (Å²) >= 11 is 0. The van der Waals surface area contributed by atoms with Crippen molar-refractivity contribution in [3.8, 4) is 0 Å². The third kappa shape index (κ3) is 0.864. The van der Waals surface area contributed by atoms with Crippen LogP contribution in [0.3, 0.4) is 0 Å². The van der Waals surface area contributed by atoms with Gasteiger partial charge < -0.3 is 9.47 Å². The molecule has 2 nitrogen and oxygen atoms in total. The van der Waals surface area contributed by atoms with E-state index in [1.165, 1.54) is 19.3 Å². The molecule has 0 amide bonds. The van der Waals surface area contributed by atoms with Gasteiger partial charge in [0.1, 0.15) is 6.10 Å². The quantitative estimate of drug-likeness (QED) is 0.490. The summed E-state index contributed by atoms with van der Waals surface area (Å²) in [6.07, 6.45) is 5.15. The molecule has 2 heteroatoms. The maximum Gasteiger partial charge on any atom is 0.110 e. The summed E-state index contributed by atoms with van der Waals surface area (Å²) in [6, 6.07) is 0. The lowest BCUT2D eigenvalue weighted by molar-refractivity contribution is 0.0666. The molecule has 2 aliphatic rings. The van der Waals surface area contributed by atoms with Gasteiger partial charge in [-0.15, -0.1) is 0 Å². The number of methoxy groups -OCH3 is 1. The zero-order chi connectivity index (χ0) is 6.27.